The maximum atomic E-state index is 14.7. The van der Waals surface area contributed by atoms with Gasteiger partial charge in [-0.15, -0.1) is 0 Å². The summed E-state index contributed by atoms with van der Waals surface area (Å²) in [5, 5.41) is 3.39. The van der Waals surface area contributed by atoms with Crippen molar-refractivity contribution in [3.05, 3.63) is 119 Å². The molecule has 1 atom stereocenters. The first kappa shape index (κ1) is 35.3. The molecule has 2 amide bonds. The fourth-order valence-electron chi connectivity index (χ4n) is 5.01. The molecule has 9 nitrogen and oxygen atoms in total. The monoisotopic (exact) mass is 677 g/mol. The van der Waals surface area contributed by atoms with Gasteiger partial charge in [-0.2, -0.15) is 0 Å². The van der Waals surface area contributed by atoms with Gasteiger partial charge in [-0.3, -0.25) is 13.9 Å². The zero-order valence-corrected chi connectivity index (χ0v) is 28.5. The second kappa shape index (κ2) is 16.3. The molecule has 0 unspecified atom stereocenters. The molecule has 0 spiro atoms. The Morgan fingerprint density at radius 3 is 2.11 bits per heavy atom. The molecule has 0 fully saturated rings. The average molecular weight is 678 g/mol. The van der Waals surface area contributed by atoms with E-state index in [4.69, 9.17) is 21.1 Å². The van der Waals surface area contributed by atoms with Gasteiger partial charge in [0, 0.05) is 30.6 Å². The van der Waals surface area contributed by atoms with Crippen molar-refractivity contribution in [3.8, 4) is 11.5 Å². The molecule has 0 heterocycles. The fraction of sp³-hybridized carbons (Fsp3) is 0.278. The Labute approximate surface area is 282 Å². The van der Waals surface area contributed by atoms with E-state index < -0.39 is 28.5 Å². The summed E-state index contributed by atoms with van der Waals surface area (Å²) in [5.41, 5.74) is 1.54. The Morgan fingerprint density at radius 1 is 0.851 bits per heavy atom. The molecule has 248 valence electrons. The minimum Gasteiger partial charge on any atom is -0.497 e. The van der Waals surface area contributed by atoms with Gasteiger partial charge in [0.2, 0.25) is 11.8 Å². The minimum absolute atomic E-state index is 0.0224. The first-order valence-electron chi connectivity index (χ1n) is 15.2. The lowest BCUT2D eigenvalue weighted by molar-refractivity contribution is -0.140. The number of methoxy groups -OCH3 is 2. The molecule has 4 aromatic rings. The Morgan fingerprint density at radius 2 is 1.49 bits per heavy atom. The van der Waals surface area contributed by atoms with E-state index in [1.807, 2.05) is 44.2 Å². The summed E-state index contributed by atoms with van der Waals surface area (Å²) in [7, 11) is -1.45. The van der Waals surface area contributed by atoms with E-state index in [-0.39, 0.29) is 41.1 Å². The number of carbonyl (C=O) groups is 2. The van der Waals surface area contributed by atoms with E-state index in [1.165, 1.54) is 37.3 Å². The number of ether oxygens (including phenoxy) is 2. The van der Waals surface area contributed by atoms with E-state index in [9.17, 15) is 18.0 Å². The third kappa shape index (κ3) is 9.05. The van der Waals surface area contributed by atoms with Crippen molar-refractivity contribution in [1.29, 1.82) is 0 Å². The zero-order valence-electron chi connectivity index (χ0n) is 26.9. The van der Waals surface area contributed by atoms with Crippen LogP contribution in [-0.2, 0) is 32.6 Å². The van der Waals surface area contributed by atoms with E-state index in [1.54, 1.807) is 54.6 Å². The lowest BCUT2D eigenvalue weighted by Crippen LogP contribution is -2.53. The summed E-state index contributed by atoms with van der Waals surface area (Å²) in [6, 6.07) is 28.0. The molecular formula is C36H40ClN3O6S. The number of anilines is 1. The number of nitrogens with one attached hydrogen (secondary N) is 1. The van der Waals surface area contributed by atoms with Crippen LogP contribution >= 0.6 is 11.6 Å². The molecular weight excluding hydrogens is 638 g/mol. The van der Waals surface area contributed by atoms with Crippen molar-refractivity contribution in [1.82, 2.24) is 10.2 Å². The highest BCUT2D eigenvalue weighted by molar-refractivity contribution is 7.92. The quantitative estimate of drug-likeness (QED) is 0.166. The largest absolute Gasteiger partial charge is 0.497 e. The van der Waals surface area contributed by atoms with E-state index in [0.29, 0.717) is 22.9 Å². The Balaban J connectivity index is 1.86. The van der Waals surface area contributed by atoms with Gasteiger partial charge in [-0.25, -0.2) is 8.42 Å². The summed E-state index contributed by atoms with van der Waals surface area (Å²) < 4.78 is 40.6. The van der Waals surface area contributed by atoms with Gasteiger partial charge in [0.15, 0.2) is 0 Å². The molecule has 4 rings (SSSR count). The molecule has 0 aromatic heterocycles. The lowest BCUT2D eigenvalue weighted by Gasteiger charge is -2.34. The number of amides is 2. The third-order valence-corrected chi connectivity index (χ3v) is 9.66. The van der Waals surface area contributed by atoms with Crippen LogP contribution in [-0.4, -0.2) is 58.5 Å². The smallest absolute Gasteiger partial charge is 0.264 e. The summed E-state index contributed by atoms with van der Waals surface area (Å²) in [6.45, 7) is 3.67. The van der Waals surface area contributed by atoms with E-state index in [2.05, 4.69) is 5.32 Å². The number of benzene rings is 4. The minimum atomic E-state index is -4.32. The second-order valence-corrected chi connectivity index (χ2v) is 13.6. The van der Waals surface area contributed by atoms with Crippen LogP contribution in [0.4, 0.5) is 5.69 Å². The van der Waals surface area contributed by atoms with Crippen LogP contribution in [0, 0.1) is 5.92 Å². The Hall–Kier alpha value is -4.54. The van der Waals surface area contributed by atoms with Gasteiger partial charge >= 0.3 is 0 Å². The summed E-state index contributed by atoms with van der Waals surface area (Å²) in [4.78, 5) is 30.0. The maximum absolute atomic E-state index is 14.7. The zero-order chi connectivity index (χ0) is 34.0. The van der Waals surface area contributed by atoms with Gasteiger partial charge in [0.05, 0.1) is 24.8 Å². The number of rotatable bonds is 15. The van der Waals surface area contributed by atoms with Crippen molar-refractivity contribution in [2.24, 2.45) is 5.92 Å². The molecule has 47 heavy (non-hydrogen) atoms. The SMILES string of the molecule is COc1ccc(OC)c(N(CC(=O)N(Cc2ccccc2Cl)[C@H](Cc2ccccc2)C(=O)NCC(C)C)S(=O)(=O)c2ccccc2)c1. The molecule has 0 radical (unpaired) electrons. The van der Waals surface area contributed by atoms with Gasteiger partial charge in [-0.05, 0) is 47.4 Å². The number of nitrogens with zero attached hydrogens (tertiary/aromatic N) is 2. The number of halogens is 1. The third-order valence-electron chi connectivity index (χ3n) is 7.52. The molecule has 1 N–H and O–H groups in total. The Bertz CT molecular complexity index is 1750. The molecule has 0 saturated heterocycles. The number of hydrogen-bond acceptors (Lipinski definition) is 6. The first-order chi connectivity index (χ1) is 22.5. The van der Waals surface area contributed by atoms with E-state index in [0.717, 1.165) is 9.87 Å². The van der Waals surface area contributed by atoms with Crippen LogP contribution < -0.4 is 19.1 Å². The topological polar surface area (TPSA) is 105 Å². The predicted molar refractivity (Wildman–Crippen MR) is 184 cm³/mol. The van der Waals surface area contributed by atoms with Crippen LogP contribution in [0.1, 0.15) is 25.0 Å². The van der Waals surface area contributed by atoms with Gasteiger partial charge in [-0.1, -0.05) is 92.2 Å². The molecule has 0 bridgehead atoms. The van der Waals surface area contributed by atoms with Gasteiger partial charge < -0.3 is 19.7 Å². The molecule has 0 saturated carbocycles. The van der Waals surface area contributed by atoms with Crippen LogP contribution in [0.25, 0.3) is 0 Å². The van der Waals surface area contributed by atoms with Crippen molar-refractivity contribution in [2.45, 2.75) is 37.8 Å². The van der Waals surface area contributed by atoms with E-state index >= 15 is 0 Å². The van der Waals surface area contributed by atoms with Crippen LogP contribution in [0.2, 0.25) is 5.02 Å². The molecule has 0 aliphatic heterocycles. The fourth-order valence-corrected chi connectivity index (χ4v) is 6.64. The predicted octanol–water partition coefficient (Wildman–Crippen LogP) is 5.96. The van der Waals surface area contributed by atoms with Crippen LogP contribution in [0.3, 0.4) is 0 Å². The first-order valence-corrected chi connectivity index (χ1v) is 17.0. The molecule has 0 aliphatic carbocycles. The highest BCUT2D eigenvalue weighted by atomic mass is 35.5. The standard InChI is InChI=1S/C36H40ClN3O6S/c1-26(2)23-38-36(42)33(21-27-13-7-5-8-14-27)39(24-28-15-11-12-18-31(28)37)35(41)25-40(47(43,44)30-16-9-6-10-17-30)32-22-29(45-3)19-20-34(32)46-4/h5-20,22,26,33H,21,23-25H2,1-4H3,(H,38,42)/t33-/m1/s1. The normalized spacial score (nSPS) is 11.9. The van der Waals surface area contributed by atoms with Crippen molar-refractivity contribution in [2.75, 3.05) is 31.6 Å². The number of carbonyl (C=O) groups excluding carboxylic acids is 2. The maximum Gasteiger partial charge on any atom is 0.264 e. The second-order valence-electron chi connectivity index (χ2n) is 11.3. The molecule has 11 heteroatoms. The number of sulfonamides is 1. The van der Waals surface area contributed by atoms with Crippen LogP contribution in [0.5, 0.6) is 11.5 Å². The summed E-state index contributed by atoms with van der Waals surface area (Å²) in [6.07, 6.45) is 0.189. The average Bonchev–Trinajstić information content (AvgIpc) is 3.08. The lowest BCUT2D eigenvalue weighted by atomic mass is 10.0. The number of hydrogen-bond donors (Lipinski definition) is 1. The van der Waals surface area contributed by atoms with Crippen molar-refractivity contribution < 1.29 is 27.5 Å². The van der Waals surface area contributed by atoms with Crippen LogP contribution in [0.15, 0.2) is 108 Å². The summed E-state index contributed by atoms with van der Waals surface area (Å²) >= 11 is 6.57. The Kier molecular flexibility index (Phi) is 12.3. The molecule has 0 aliphatic rings. The van der Waals surface area contributed by atoms with Crippen molar-refractivity contribution >= 4 is 39.1 Å². The highest BCUT2D eigenvalue weighted by Crippen LogP contribution is 2.36. The van der Waals surface area contributed by atoms with Crippen molar-refractivity contribution in [3.63, 3.8) is 0 Å². The van der Waals surface area contributed by atoms with Gasteiger partial charge in [0.1, 0.15) is 24.1 Å². The van der Waals surface area contributed by atoms with Gasteiger partial charge in [0.25, 0.3) is 10.0 Å². The summed E-state index contributed by atoms with van der Waals surface area (Å²) in [5.74, 6) is -0.235. The molecule has 4 aromatic carbocycles. The highest BCUT2D eigenvalue weighted by Gasteiger charge is 2.36.